The van der Waals surface area contributed by atoms with Crippen LogP contribution in [0.3, 0.4) is 0 Å². The molecular formula is C19H29N3O3. The van der Waals surface area contributed by atoms with Crippen LogP contribution < -0.4 is 4.74 Å². The molecule has 1 aromatic carbocycles. The highest BCUT2D eigenvalue weighted by atomic mass is 16.5. The number of amides is 2. The van der Waals surface area contributed by atoms with Crippen molar-refractivity contribution in [2.75, 3.05) is 53.9 Å². The summed E-state index contributed by atoms with van der Waals surface area (Å²) in [6.45, 7) is 3.29. The molecule has 0 aliphatic carbocycles. The van der Waals surface area contributed by atoms with Crippen molar-refractivity contribution in [2.24, 2.45) is 0 Å². The maximum absolute atomic E-state index is 12.4. The van der Waals surface area contributed by atoms with Gasteiger partial charge in [-0.1, -0.05) is 12.1 Å². The number of carbonyl (C=O) groups excluding carboxylic acids is 2. The molecule has 25 heavy (non-hydrogen) atoms. The molecule has 138 valence electrons. The Hall–Kier alpha value is -2.08. The molecule has 1 heterocycles. The number of ether oxygens (including phenoxy) is 1. The third-order valence-electron chi connectivity index (χ3n) is 4.52. The van der Waals surface area contributed by atoms with Gasteiger partial charge in [-0.15, -0.1) is 0 Å². The van der Waals surface area contributed by atoms with Crippen LogP contribution in [0.15, 0.2) is 24.3 Å². The van der Waals surface area contributed by atoms with E-state index in [4.69, 9.17) is 4.74 Å². The molecule has 0 N–H and O–H groups in total. The van der Waals surface area contributed by atoms with Crippen LogP contribution >= 0.6 is 0 Å². The van der Waals surface area contributed by atoms with Crippen LogP contribution in [0.25, 0.3) is 0 Å². The second-order valence-corrected chi connectivity index (χ2v) is 6.67. The van der Waals surface area contributed by atoms with Crippen molar-refractivity contribution >= 4 is 11.8 Å². The smallest absolute Gasteiger partial charge is 0.223 e. The number of hydrogen-bond acceptors (Lipinski definition) is 4. The van der Waals surface area contributed by atoms with E-state index in [1.807, 2.05) is 53.1 Å². The molecule has 0 saturated carbocycles. The Kier molecular flexibility index (Phi) is 7.25. The minimum absolute atomic E-state index is 0.156. The number of nitrogens with zero attached hydrogens (tertiary/aromatic N) is 3. The molecule has 2 amide bonds. The first-order chi connectivity index (χ1) is 12.0. The van der Waals surface area contributed by atoms with Crippen molar-refractivity contribution in [3.8, 4) is 5.75 Å². The van der Waals surface area contributed by atoms with Gasteiger partial charge in [0.25, 0.3) is 0 Å². The second-order valence-electron chi connectivity index (χ2n) is 6.67. The molecule has 1 fully saturated rings. The largest absolute Gasteiger partial charge is 0.497 e. The molecule has 2 rings (SSSR count). The van der Waals surface area contributed by atoms with Crippen molar-refractivity contribution < 1.29 is 14.3 Å². The minimum Gasteiger partial charge on any atom is -0.497 e. The van der Waals surface area contributed by atoms with E-state index in [1.54, 1.807) is 7.11 Å². The SMILES string of the molecule is COc1cccc(CCC(=O)N2CCN(C(=O)CCN(C)C)CC2)c1. The summed E-state index contributed by atoms with van der Waals surface area (Å²) in [5.41, 5.74) is 1.10. The number of aryl methyl sites for hydroxylation is 1. The Bertz CT molecular complexity index is 581. The molecule has 1 aliphatic rings. The molecule has 6 heteroatoms. The van der Waals surface area contributed by atoms with E-state index in [0.717, 1.165) is 17.9 Å². The summed E-state index contributed by atoms with van der Waals surface area (Å²) in [7, 11) is 5.57. The predicted octanol–water partition coefficient (Wildman–Crippen LogP) is 1.25. The highest BCUT2D eigenvalue weighted by Gasteiger charge is 2.23. The number of benzene rings is 1. The van der Waals surface area contributed by atoms with Gasteiger partial charge in [0.1, 0.15) is 5.75 Å². The maximum atomic E-state index is 12.4. The van der Waals surface area contributed by atoms with Gasteiger partial charge in [0, 0.05) is 45.6 Å². The van der Waals surface area contributed by atoms with Gasteiger partial charge >= 0.3 is 0 Å². The Morgan fingerprint density at radius 2 is 1.64 bits per heavy atom. The first-order valence-corrected chi connectivity index (χ1v) is 8.83. The number of piperazine rings is 1. The highest BCUT2D eigenvalue weighted by Crippen LogP contribution is 2.15. The quantitative estimate of drug-likeness (QED) is 0.745. The average Bonchev–Trinajstić information content (AvgIpc) is 2.64. The van der Waals surface area contributed by atoms with E-state index in [0.29, 0.717) is 45.4 Å². The van der Waals surface area contributed by atoms with Crippen molar-refractivity contribution in [3.63, 3.8) is 0 Å². The van der Waals surface area contributed by atoms with Crippen molar-refractivity contribution in [3.05, 3.63) is 29.8 Å². The van der Waals surface area contributed by atoms with E-state index in [-0.39, 0.29) is 11.8 Å². The first-order valence-electron chi connectivity index (χ1n) is 8.83. The fraction of sp³-hybridized carbons (Fsp3) is 0.579. The van der Waals surface area contributed by atoms with Crippen molar-refractivity contribution in [2.45, 2.75) is 19.3 Å². The van der Waals surface area contributed by atoms with E-state index >= 15 is 0 Å². The van der Waals surface area contributed by atoms with Crippen LogP contribution in [0.2, 0.25) is 0 Å². The lowest BCUT2D eigenvalue weighted by Gasteiger charge is -2.35. The molecule has 0 spiro atoms. The van der Waals surface area contributed by atoms with Gasteiger partial charge in [0.2, 0.25) is 11.8 Å². The fourth-order valence-electron chi connectivity index (χ4n) is 2.92. The summed E-state index contributed by atoms with van der Waals surface area (Å²) in [5.74, 6) is 1.15. The molecule has 0 atom stereocenters. The lowest BCUT2D eigenvalue weighted by molar-refractivity contribution is -0.139. The van der Waals surface area contributed by atoms with Gasteiger partial charge in [-0.05, 0) is 38.2 Å². The number of rotatable bonds is 7. The van der Waals surface area contributed by atoms with Crippen molar-refractivity contribution in [1.29, 1.82) is 0 Å². The third-order valence-corrected chi connectivity index (χ3v) is 4.52. The van der Waals surface area contributed by atoms with Gasteiger partial charge < -0.3 is 19.4 Å². The Balaban J connectivity index is 1.74. The fourth-order valence-corrected chi connectivity index (χ4v) is 2.92. The molecule has 1 aromatic rings. The summed E-state index contributed by atoms with van der Waals surface area (Å²) in [5, 5.41) is 0. The van der Waals surface area contributed by atoms with Gasteiger partial charge in [0.15, 0.2) is 0 Å². The summed E-state index contributed by atoms with van der Waals surface area (Å²) in [6.07, 6.45) is 1.73. The first kappa shape index (κ1) is 19.2. The van der Waals surface area contributed by atoms with Crippen LogP contribution in [0.1, 0.15) is 18.4 Å². The lowest BCUT2D eigenvalue weighted by Crippen LogP contribution is -2.51. The Labute approximate surface area is 150 Å². The second kappa shape index (κ2) is 9.42. The molecule has 6 nitrogen and oxygen atoms in total. The highest BCUT2D eigenvalue weighted by molar-refractivity contribution is 5.78. The zero-order valence-electron chi connectivity index (χ0n) is 15.5. The van der Waals surface area contributed by atoms with Crippen LogP contribution in [-0.4, -0.2) is 80.4 Å². The molecule has 1 aliphatic heterocycles. The van der Waals surface area contributed by atoms with Crippen LogP contribution in [0, 0.1) is 0 Å². The van der Waals surface area contributed by atoms with Gasteiger partial charge in [0.05, 0.1) is 7.11 Å². The van der Waals surface area contributed by atoms with Gasteiger partial charge in [-0.25, -0.2) is 0 Å². The molecule has 0 aromatic heterocycles. The zero-order chi connectivity index (χ0) is 18.2. The van der Waals surface area contributed by atoms with Crippen LogP contribution in [-0.2, 0) is 16.0 Å². The van der Waals surface area contributed by atoms with Crippen molar-refractivity contribution in [1.82, 2.24) is 14.7 Å². The Morgan fingerprint density at radius 3 is 2.20 bits per heavy atom. The summed E-state index contributed by atoms with van der Waals surface area (Å²) in [4.78, 5) is 30.3. The summed E-state index contributed by atoms with van der Waals surface area (Å²) >= 11 is 0. The monoisotopic (exact) mass is 347 g/mol. The predicted molar refractivity (Wildman–Crippen MR) is 97.6 cm³/mol. The Morgan fingerprint density at radius 1 is 1.04 bits per heavy atom. The molecule has 0 radical (unpaired) electrons. The molecule has 1 saturated heterocycles. The minimum atomic E-state index is 0.156. The normalized spacial score (nSPS) is 14.7. The third kappa shape index (κ3) is 6.05. The number of carbonyl (C=O) groups is 2. The van der Waals surface area contributed by atoms with E-state index in [9.17, 15) is 9.59 Å². The van der Waals surface area contributed by atoms with E-state index in [1.165, 1.54) is 0 Å². The van der Waals surface area contributed by atoms with E-state index in [2.05, 4.69) is 0 Å². The average molecular weight is 347 g/mol. The summed E-state index contributed by atoms with van der Waals surface area (Å²) in [6, 6.07) is 7.82. The number of hydrogen-bond donors (Lipinski definition) is 0. The molecule has 0 bridgehead atoms. The van der Waals surface area contributed by atoms with Gasteiger partial charge in [-0.2, -0.15) is 0 Å². The topological polar surface area (TPSA) is 53.1 Å². The van der Waals surface area contributed by atoms with Gasteiger partial charge in [-0.3, -0.25) is 9.59 Å². The number of methoxy groups -OCH3 is 1. The van der Waals surface area contributed by atoms with Crippen LogP contribution in [0.5, 0.6) is 5.75 Å². The molecule has 0 unspecified atom stereocenters. The van der Waals surface area contributed by atoms with E-state index < -0.39 is 0 Å². The zero-order valence-corrected chi connectivity index (χ0v) is 15.5. The summed E-state index contributed by atoms with van der Waals surface area (Å²) < 4.78 is 5.21. The lowest BCUT2D eigenvalue weighted by atomic mass is 10.1. The maximum Gasteiger partial charge on any atom is 0.223 e. The molecular weight excluding hydrogens is 318 g/mol. The van der Waals surface area contributed by atoms with Crippen LogP contribution in [0.4, 0.5) is 0 Å². The standard InChI is InChI=1S/C19H29N3O3/c1-20(2)10-9-19(24)22-13-11-21(12-14-22)18(23)8-7-16-5-4-6-17(15-16)25-3/h4-6,15H,7-14H2,1-3H3.